The zero-order chi connectivity index (χ0) is 41.4. The van der Waals surface area contributed by atoms with Gasteiger partial charge in [0.05, 0.1) is 13.2 Å². The van der Waals surface area contributed by atoms with Crippen LogP contribution in [0.3, 0.4) is 0 Å². The Morgan fingerprint density at radius 1 is 0.554 bits per heavy atom. The third-order valence-corrected chi connectivity index (χ3v) is 9.69. The molecular weight excluding hydrogens is 733 g/mol. The number of esters is 2. The highest BCUT2D eigenvalue weighted by Crippen LogP contribution is 2.43. The van der Waals surface area contributed by atoms with E-state index in [1.807, 2.05) is 12.2 Å². The number of hydrogen-bond donors (Lipinski definition) is 3. The molecule has 0 heterocycles. The fourth-order valence-corrected chi connectivity index (χ4v) is 6.12. The Kier molecular flexibility index (Phi) is 37.1. The first-order valence-electron chi connectivity index (χ1n) is 21.3. The van der Waals surface area contributed by atoms with Crippen LogP contribution in [0.2, 0.25) is 0 Å². The Morgan fingerprint density at radius 3 is 1.52 bits per heavy atom. The monoisotopic (exact) mass is 810 g/mol. The van der Waals surface area contributed by atoms with E-state index in [2.05, 4.69) is 67.0 Å². The molecule has 0 aromatic rings. The number of unbranched alkanes of at least 4 members (excludes halogenated alkanes) is 15. The summed E-state index contributed by atoms with van der Waals surface area (Å²) in [6, 6.07) is -1.53. The van der Waals surface area contributed by atoms with E-state index in [4.69, 9.17) is 24.8 Å². The van der Waals surface area contributed by atoms with Crippen LogP contribution < -0.4 is 5.73 Å². The van der Waals surface area contributed by atoms with Gasteiger partial charge in [-0.1, -0.05) is 139 Å². The van der Waals surface area contributed by atoms with Crippen LogP contribution in [0.25, 0.3) is 0 Å². The molecule has 0 rings (SSSR count). The number of carbonyl (C=O) groups is 3. The normalized spacial score (nSPS) is 14.4. The Bertz CT molecular complexity index is 1180. The number of ether oxygens (including phenoxy) is 2. The minimum absolute atomic E-state index is 0.0815. The largest absolute Gasteiger partial charge is 0.480 e. The predicted octanol–water partition coefficient (Wildman–Crippen LogP) is 11.2. The van der Waals surface area contributed by atoms with Gasteiger partial charge in [-0.2, -0.15) is 0 Å². The Labute approximate surface area is 338 Å². The van der Waals surface area contributed by atoms with Crippen molar-refractivity contribution in [2.24, 2.45) is 5.73 Å². The molecule has 322 valence electrons. The average molecular weight is 810 g/mol. The van der Waals surface area contributed by atoms with Gasteiger partial charge in [-0.05, 0) is 77.0 Å². The van der Waals surface area contributed by atoms with Crippen molar-refractivity contribution in [3.8, 4) is 0 Å². The number of hydrogen-bond acceptors (Lipinski definition) is 9. The molecule has 0 aromatic carbocycles. The van der Waals surface area contributed by atoms with E-state index in [1.54, 1.807) is 0 Å². The molecule has 0 spiro atoms. The number of rotatable bonds is 39. The molecule has 4 N–H and O–H groups in total. The fraction of sp³-hybridized carbons (Fsp3) is 0.705. The van der Waals surface area contributed by atoms with Gasteiger partial charge in [0.2, 0.25) is 0 Å². The Morgan fingerprint density at radius 2 is 0.964 bits per heavy atom. The van der Waals surface area contributed by atoms with E-state index in [9.17, 15) is 23.8 Å². The summed E-state index contributed by atoms with van der Waals surface area (Å²) >= 11 is 0. The molecule has 0 saturated carbocycles. The van der Waals surface area contributed by atoms with Crippen LogP contribution in [0.4, 0.5) is 0 Å². The molecule has 1 unspecified atom stereocenters. The van der Waals surface area contributed by atoms with E-state index >= 15 is 0 Å². The molecule has 0 aliphatic carbocycles. The molecule has 3 atom stereocenters. The van der Waals surface area contributed by atoms with E-state index in [-0.39, 0.29) is 19.4 Å². The first-order valence-corrected chi connectivity index (χ1v) is 22.8. The van der Waals surface area contributed by atoms with Crippen LogP contribution in [-0.2, 0) is 37.5 Å². The maximum absolute atomic E-state index is 12.6. The van der Waals surface area contributed by atoms with Crippen LogP contribution >= 0.6 is 7.82 Å². The Hall–Kier alpha value is -2.82. The maximum Gasteiger partial charge on any atom is 0.472 e. The molecule has 11 nitrogen and oxygen atoms in total. The number of carbonyl (C=O) groups excluding carboxylic acids is 2. The molecular formula is C44H76NO10P. The second kappa shape index (κ2) is 39.0. The number of nitrogens with two attached hydrogens (primary N) is 1. The van der Waals surface area contributed by atoms with E-state index < -0.39 is 51.1 Å². The molecule has 0 saturated heterocycles. The van der Waals surface area contributed by atoms with Crippen molar-refractivity contribution < 1.29 is 47.5 Å². The third kappa shape index (κ3) is 38.1. The second-order valence-corrected chi connectivity index (χ2v) is 15.6. The number of carboxylic acid groups (broad SMARTS) is 1. The van der Waals surface area contributed by atoms with Crippen LogP contribution in [0.1, 0.15) is 168 Å². The lowest BCUT2D eigenvalue weighted by molar-refractivity contribution is -0.161. The lowest BCUT2D eigenvalue weighted by Crippen LogP contribution is -2.34. The minimum atomic E-state index is -4.73. The highest BCUT2D eigenvalue weighted by molar-refractivity contribution is 7.47. The van der Waals surface area contributed by atoms with E-state index in [1.165, 1.54) is 57.8 Å². The lowest BCUT2D eigenvalue weighted by atomic mass is 10.1. The van der Waals surface area contributed by atoms with Crippen molar-refractivity contribution in [1.29, 1.82) is 0 Å². The lowest BCUT2D eigenvalue weighted by Gasteiger charge is -2.20. The topological polar surface area (TPSA) is 172 Å². The molecule has 0 aliphatic rings. The van der Waals surface area contributed by atoms with Crippen LogP contribution in [0.15, 0.2) is 60.8 Å². The van der Waals surface area contributed by atoms with Crippen LogP contribution in [0, 0.1) is 0 Å². The van der Waals surface area contributed by atoms with Gasteiger partial charge in [0.15, 0.2) is 6.10 Å². The third-order valence-electron chi connectivity index (χ3n) is 8.74. The number of carboxylic acids is 1. The highest BCUT2D eigenvalue weighted by Gasteiger charge is 2.28. The summed E-state index contributed by atoms with van der Waals surface area (Å²) in [7, 11) is -4.73. The first kappa shape index (κ1) is 53.2. The van der Waals surface area contributed by atoms with Gasteiger partial charge in [-0.15, -0.1) is 0 Å². The molecule has 0 amide bonds. The standard InChI is InChI=1S/C44H76NO10P/c1-3-5-7-9-11-13-15-17-19-20-22-24-26-28-30-32-34-36-43(47)55-40(38-53-56(50,51)54-39-41(45)44(48)49)37-52-42(46)35-33-31-29-27-25-23-21-18-16-14-12-10-8-6-4-2/h11,13,17-19,21-22,24,28,30,40-41H,3-10,12,14-16,20,23,25-27,29,31-39,45H2,1-2H3,(H,48,49)(H,50,51)/t40-,41+/m1/s1. The van der Waals surface area contributed by atoms with Gasteiger partial charge in [0.25, 0.3) is 0 Å². The summed E-state index contributed by atoms with van der Waals surface area (Å²) in [5.74, 6) is -2.47. The summed E-state index contributed by atoms with van der Waals surface area (Å²) in [6.45, 7) is 2.69. The summed E-state index contributed by atoms with van der Waals surface area (Å²) in [5.41, 5.74) is 5.32. The average Bonchev–Trinajstić information content (AvgIpc) is 3.17. The molecule has 0 fully saturated rings. The van der Waals surface area contributed by atoms with Gasteiger partial charge in [0, 0.05) is 12.8 Å². The SMILES string of the molecule is CCCCCC=CCC=CCC=CCC=CCCCC(=O)O[C@H](COC(=O)CCCCCCCC=CCCCCCCCC)COP(=O)(O)OC[C@H](N)C(=O)O. The van der Waals surface area contributed by atoms with Gasteiger partial charge in [0.1, 0.15) is 12.6 Å². The Balaban J connectivity index is 4.50. The predicted molar refractivity (Wildman–Crippen MR) is 226 cm³/mol. The number of allylic oxidation sites excluding steroid dienone is 10. The summed E-state index contributed by atoms with van der Waals surface area (Å²) < 4.78 is 32.6. The van der Waals surface area contributed by atoms with Gasteiger partial charge >= 0.3 is 25.7 Å². The first-order chi connectivity index (χ1) is 27.1. The summed E-state index contributed by atoms with van der Waals surface area (Å²) in [5, 5.41) is 8.88. The zero-order valence-corrected chi connectivity index (χ0v) is 35.6. The van der Waals surface area contributed by atoms with Crippen molar-refractivity contribution in [2.75, 3.05) is 19.8 Å². The summed E-state index contributed by atoms with van der Waals surface area (Å²) in [4.78, 5) is 45.9. The van der Waals surface area contributed by atoms with Gasteiger partial charge in [-0.25, -0.2) is 4.57 Å². The van der Waals surface area contributed by atoms with Gasteiger partial charge < -0.3 is 25.2 Å². The second-order valence-electron chi connectivity index (χ2n) is 14.1. The van der Waals surface area contributed by atoms with Gasteiger partial charge in [-0.3, -0.25) is 23.4 Å². The molecule has 12 heteroatoms. The maximum atomic E-state index is 12.6. The molecule has 0 radical (unpaired) electrons. The van der Waals surface area contributed by atoms with Crippen molar-refractivity contribution >= 4 is 25.7 Å². The van der Waals surface area contributed by atoms with Crippen LogP contribution in [-0.4, -0.2) is 59.9 Å². The number of aliphatic carboxylic acids is 1. The minimum Gasteiger partial charge on any atom is -0.480 e. The molecule has 0 bridgehead atoms. The van der Waals surface area contributed by atoms with E-state index in [0.717, 1.165) is 64.2 Å². The molecule has 56 heavy (non-hydrogen) atoms. The van der Waals surface area contributed by atoms with Crippen molar-refractivity contribution in [3.63, 3.8) is 0 Å². The van der Waals surface area contributed by atoms with E-state index in [0.29, 0.717) is 19.3 Å². The zero-order valence-electron chi connectivity index (χ0n) is 34.7. The van der Waals surface area contributed by atoms with Crippen molar-refractivity contribution in [1.82, 2.24) is 0 Å². The molecule has 0 aromatic heterocycles. The summed E-state index contributed by atoms with van der Waals surface area (Å²) in [6.07, 6.45) is 44.3. The molecule has 0 aliphatic heterocycles. The highest BCUT2D eigenvalue weighted by atomic mass is 31.2. The fourth-order valence-electron chi connectivity index (χ4n) is 5.34. The smallest absolute Gasteiger partial charge is 0.472 e. The van der Waals surface area contributed by atoms with Crippen molar-refractivity contribution in [2.45, 2.75) is 180 Å². The number of phosphoric acid groups is 1. The van der Waals surface area contributed by atoms with Crippen LogP contribution in [0.5, 0.6) is 0 Å². The number of phosphoric ester groups is 1. The van der Waals surface area contributed by atoms with Crippen molar-refractivity contribution in [3.05, 3.63) is 60.8 Å². The quantitative estimate of drug-likeness (QED) is 0.0233.